The number of carbonyl (C=O) groups excluding carboxylic acids is 1. The smallest absolute Gasteiger partial charge is 0.263 e. The zero-order chi connectivity index (χ0) is 13.8. The van der Waals surface area contributed by atoms with E-state index in [2.05, 4.69) is 11.8 Å². The molecule has 3 N–H and O–H groups in total. The van der Waals surface area contributed by atoms with Crippen molar-refractivity contribution in [2.45, 2.75) is 19.4 Å². The van der Waals surface area contributed by atoms with Crippen LogP contribution in [0.1, 0.15) is 27.9 Å². The molecule has 1 aliphatic heterocycles. The average Bonchev–Trinajstić information content (AvgIpc) is 3.04. The van der Waals surface area contributed by atoms with Gasteiger partial charge in [-0.25, -0.2) is 0 Å². The van der Waals surface area contributed by atoms with Crippen molar-refractivity contribution >= 4 is 17.2 Å². The molecule has 1 aromatic rings. The third kappa shape index (κ3) is 3.35. The van der Waals surface area contributed by atoms with Gasteiger partial charge in [-0.3, -0.25) is 4.79 Å². The van der Waals surface area contributed by atoms with E-state index in [-0.39, 0.29) is 17.9 Å². The van der Waals surface area contributed by atoms with Gasteiger partial charge in [0.1, 0.15) is 0 Å². The van der Waals surface area contributed by atoms with Crippen LogP contribution in [0.25, 0.3) is 0 Å². The summed E-state index contributed by atoms with van der Waals surface area (Å²) in [5.41, 5.74) is 5.32. The molecule has 0 radical (unpaired) electrons. The minimum Gasteiger partial charge on any atom is -0.393 e. The summed E-state index contributed by atoms with van der Waals surface area (Å²) in [4.78, 5) is 15.7. The predicted octanol–water partition coefficient (Wildman–Crippen LogP) is 0.901. The first-order valence-electron chi connectivity index (χ1n) is 6.38. The van der Waals surface area contributed by atoms with E-state index < -0.39 is 0 Å². The molecule has 0 spiro atoms. The van der Waals surface area contributed by atoms with Crippen molar-refractivity contribution in [3.8, 4) is 11.8 Å². The number of thiophene rings is 1. The summed E-state index contributed by atoms with van der Waals surface area (Å²) in [5.74, 6) is 5.94. The molecule has 0 aliphatic carbocycles. The molecule has 0 bridgehead atoms. The van der Waals surface area contributed by atoms with Crippen molar-refractivity contribution in [2.75, 3.05) is 19.6 Å². The molecule has 0 aromatic carbocycles. The summed E-state index contributed by atoms with van der Waals surface area (Å²) in [6.45, 7) is 3.46. The topological polar surface area (TPSA) is 66.6 Å². The standard InChI is InChI=1S/C14H18N2O2S/c1-10(17)11-6-8-16(9-11)14(18)13-5-4-12(19-13)3-2-7-15/h4-5,10-11,17H,6-9,15H2,1H3. The Balaban J connectivity index is 2.02. The fourth-order valence-electron chi connectivity index (χ4n) is 2.18. The minimum atomic E-state index is -0.355. The number of nitrogens with zero attached hydrogens (tertiary/aromatic N) is 1. The molecule has 102 valence electrons. The number of amides is 1. The summed E-state index contributed by atoms with van der Waals surface area (Å²) in [7, 11) is 0. The third-order valence-corrected chi connectivity index (χ3v) is 4.31. The van der Waals surface area contributed by atoms with Crippen LogP contribution in [0.15, 0.2) is 12.1 Å². The lowest BCUT2D eigenvalue weighted by Gasteiger charge is -2.16. The van der Waals surface area contributed by atoms with Crippen molar-refractivity contribution in [3.63, 3.8) is 0 Å². The van der Waals surface area contributed by atoms with Crippen LogP contribution in [0.5, 0.6) is 0 Å². The van der Waals surface area contributed by atoms with Crippen molar-refractivity contribution in [3.05, 3.63) is 21.9 Å². The highest BCUT2D eigenvalue weighted by Crippen LogP contribution is 2.24. The predicted molar refractivity (Wildman–Crippen MR) is 75.9 cm³/mol. The number of carbonyl (C=O) groups is 1. The Kier molecular flexibility index (Phi) is 4.59. The van der Waals surface area contributed by atoms with Crippen molar-refractivity contribution in [1.29, 1.82) is 0 Å². The summed E-state index contributed by atoms with van der Waals surface area (Å²) in [6, 6.07) is 3.66. The van der Waals surface area contributed by atoms with Gasteiger partial charge in [0.05, 0.1) is 22.4 Å². The van der Waals surface area contributed by atoms with Gasteiger partial charge in [0.15, 0.2) is 0 Å². The fraction of sp³-hybridized carbons (Fsp3) is 0.500. The highest BCUT2D eigenvalue weighted by Gasteiger charge is 2.30. The van der Waals surface area contributed by atoms with E-state index in [0.717, 1.165) is 17.8 Å². The third-order valence-electron chi connectivity index (χ3n) is 3.32. The number of nitrogens with two attached hydrogens (primary N) is 1. The summed E-state index contributed by atoms with van der Waals surface area (Å²) >= 11 is 1.39. The number of hydrogen-bond acceptors (Lipinski definition) is 4. The summed E-state index contributed by atoms with van der Waals surface area (Å²) < 4.78 is 0. The number of aliphatic hydroxyl groups is 1. The van der Waals surface area contributed by atoms with Crippen molar-refractivity contribution in [1.82, 2.24) is 4.90 Å². The molecule has 1 amide bonds. The van der Waals surface area contributed by atoms with E-state index in [4.69, 9.17) is 5.73 Å². The normalized spacial score (nSPS) is 19.9. The molecule has 1 aliphatic rings. The second-order valence-electron chi connectivity index (χ2n) is 4.71. The second kappa shape index (κ2) is 6.20. The van der Waals surface area contributed by atoms with E-state index >= 15 is 0 Å². The van der Waals surface area contributed by atoms with E-state index in [1.165, 1.54) is 11.3 Å². The van der Waals surface area contributed by atoms with Gasteiger partial charge in [-0.1, -0.05) is 11.8 Å². The first kappa shape index (κ1) is 14.1. The molecule has 2 heterocycles. The maximum atomic E-state index is 12.3. The molecular weight excluding hydrogens is 260 g/mol. The van der Waals surface area contributed by atoms with Crippen LogP contribution in [0.4, 0.5) is 0 Å². The molecule has 0 saturated carbocycles. The molecule has 1 aromatic heterocycles. The van der Waals surface area contributed by atoms with Gasteiger partial charge in [0.2, 0.25) is 0 Å². The van der Waals surface area contributed by atoms with E-state index in [1.54, 1.807) is 6.92 Å². The Labute approximate surface area is 117 Å². The molecule has 1 fully saturated rings. The monoisotopic (exact) mass is 278 g/mol. The van der Waals surface area contributed by atoms with E-state index in [1.807, 2.05) is 17.0 Å². The van der Waals surface area contributed by atoms with Crippen molar-refractivity contribution < 1.29 is 9.90 Å². The Bertz CT molecular complexity index is 513. The molecule has 19 heavy (non-hydrogen) atoms. The van der Waals surface area contributed by atoms with Crippen LogP contribution in [0.3, 0.4) is 0 Å². The number of aliphatic hydroxyl groups excluding tert-OH is 1. The first-order valence-corrected chi connectivity index (χ1v) is 7.19. The summed E-state index contributed by atoms with van der Waals surface area (Å²) in [6.07, 6.45) is 0.515. The van der Waals surface area contributed by atoms with Crippen LogP contribution in [-0.2, 0) is 0 Å². The van der Waals surface area contributed by atoms with Gasteiger partial charge in [-0.05, 0) is 25.5 Å². The van der Waals surface area contributed by atoms with Crippen LogP contribution in [0.2, 0.25) is 0 Å². The fourth-order valence-corrected chi connectivity index (χ4v) is 3.03. The van der Waals surface area contributed by atoms with Crippen LogP contribution in [0, 0.1) is 17.8 Å². The first-order chi connectivity index (χ1) is 9.11. The van der Waals surface area contributed by atoms with Crippen LogP contribution in [-0.4, -0.2) is 41.7 Å². The molecule has 2 rings (SSSR count). The van der Waals surface area contributed by atoms with Crippen LogP contribution < -0.4 is 5.73 Å². The lowest BCUT2D eigenvalue weighted by molar-refractivity contribution is 0.0767. The molecule has 2 atom stereocenters. The Morgan fingerprint density at radius 1 is 1.68 bits per heavy atom. The maximum absolute atomic E-state index is 12.3. The Hall–Kier alpha value is -1.35. The second-order valence-corrected chi connectivity index (χ2v) is 5.79. The molecule has 1 saturated heterocycles. The Morgan fingerprint density at radius 2 is 2.47 bits per heavy atom. The van der Waals surface area contributed by atoms with Gasteiger partial charge in [0.25, 0.3) is 5.91 Å². The highest BCUT2D eigenvalue weighted by molar-refractivity contribution is 7.14. The maximum Gasteiger partial charge on any atom is 0.263 e. The lowest BCUT2D eigenvalue weighted by Crippen LogP contribution is -2.29. The highest BCUT2D eigenvalue weighted by atomic mass is 32.1. The molecule has 4 nitrogen and oxygen atoms in total. The van der Waals surface area contributed by atoms with Gasteiger partial charge >= 0.3 is 0 Å². The quantitative estimate of drug-likeness (QED) is 0.790. The average molecular weight is 278 g/mol. The SMILES string of the molecule is CC(O)C1CCN(C(=O)c2ccc(C#CCN)s2)C1. The van der Waals surface area contributed by atoms with Gasteiger partial charge in [-0.15, -0.1) is 11.3 Å². The number of likely N-dealkylation sites (tertiary alicyclic amines) is 1. The van der Waals surface area contributed by atoms with Gasteiger partial charge < -0.3 is 15.7 Å². The van der Waals surface area contributed by atoms with E-state index in [0.29, 0.717) is 18.0 Å². The minimum absolute atomic E-state index is 0.0361. The molecular formula is C14H18N2O2S. The molecule has 5 heteroatoms. The van der Waals surface area contributed by atoms with Gasteiger partial charge in [-0.2, -0.15) is 0 Å². The van der Waals surface area contributed by atoms with Crippen LogP contribution >= 0.6 is 11.3 Å². The van der Waals surface area contributed by atoms with E-state index in [9.17, 15) is 9.90 Å². The van der Waals surface area contributed by atoms with Crippen molar-refractivity contribution in [2.24, 2.45) is 11.7 Å². The Morgan fingerprint density at radius 3 is 3.11 bits per heavy atom. The lowest BCUT2D eigenvalue weighted by atomic mass is 10.0. The van der Waals surface area contributed by atoms with Gasteiger partial charge in [0, 0.05) is 19.0 Å². The number of rotatable bonds is 2. The zero-order valence-corrected chi connectivity index (χ0v) is 11.7. The number of hydrogen-bond donors (Lipinski definition) is 2. The largest absolute Gasteiger partial charge is 0.393 e. The zero-order valence-electron chi connectivity index (χ0n) is 10.9. The summed E-state index contributed by atoms with van der Waals surface area (Å²) in [5, 5.41) is 9.56. The molecule has 2 unspecified atom stereocenters.